The van der Waals surface area contributed by atoms with Gasteiger partial charge in [0.25, 0.3) is 6.47 Å². The first-order valence-electron chi connectivity index (χ1n) is 9.27. The molecule has 160 valence electrons. The summed E-state index contributed by atoms with van der Waals surface area (Å²) in [6.45, 7) is 0.595. The van der Waals surface area contributed by atoms with Crippen LogP contribution in [0.5, 0.6) is 5.75 Å². The minimum atomic E-state index is -0.654. The minimum Gasteiger partial charge on any atom is -0.455 e. The highest BCUT2D eigenvalue weighted by molar-refractivity contribution is 5.94. The Balaban J connectivity index is 2.02. The van der Waals surface area contributed by atoms with Crippen molar-refractivity contribution in [1.29, 1.82) is 0 Å². The van der Waals surface area contributed by atoms with Crippen molar-refractivity contribution in [3.63, 3.8) is 0 Å². The molecule has 0 radical (unpaired) electrons. The molecule has 1 heterocycles. The SMILES string of the molecule is NCCCCC(N)C(=O)Nc1ccc(N=Nc2ccccc2OCOC=O)c(N)n1. The molecular formula is C19H25N7O4. The van der Waals surface area contributed by atoms with Crippen LogP contribution in [-0.2, 0) is 14.3 Å². The highest BCUT2D eigenvalue weighted by Gasteiger charge is 2.14. The molecule has 0 fully saturated rings. The van der Waals surface area contributed by atoms with E-state index in [0.717, 1.165) is 12.8 Å². The van der Waals surface area contributed by atoms with Gasteiger partial charge in [0, 0.05) is 0 Å². The number of azo groups is 1. The largest absolute Gasteiger partial charge is 0.455 e. The van der Waals surface area contributed by atoms with Crippen LogP contribution in [0.2, 0.25) is 0 Å². The average Bonchev–Trinajstić information content (AvgIpc) is 2.74. The Morgan fingerprint density at radius 3 is 2.67 bits per heavy atom. The van der Waals surface area contributed by atoms with E-state index in [1.165, 1.54) is 0 Å². The molecule has 2 rings (SSSR count). The number of carbonyl (C=O) groups is 2. The summed E-state index contributed by atoms with van der Waals surface area (Å²) in [6.07, 6.45) is 2.11. The number of nitrogens with zero attached hydrogens (tertiary/aromatic N) is 3. The number of aromatic nitrogens is 1. The first-order valence-corrected chi connectivity index (χ1v) is 9.27. The van der Waals surface area contributed by atoms with Crippen molar-refractivity contribution in [3.8, 4) is 5.75 Å². The number of rotatable bonds is 12. The second kappa shape index (κ2) is 12.1. The molecule has 0 saturated carbocycles. The summed E-state index contributed by atoms with van der Waals surface area (Å²) in [5, 5.41) is 10.8. The van der Waals surface area contributed by atoms with Crippen LogP contribution in [0.3, 0.4) is 0 Å². The zero-order valence-electron chi connectivity index (χ0n) is 16.4. The third-order valence-corrected chi connectivity index (χ3v) is 3.94. The van der Waals surface area contributed by atoms with Crippen molar-refractivity contribution in [1.82, 2.24) is 4.98 Å². The molecule has 0 aliphatic heterocycles. The maximum Gasteiger partial charge on any atom is 0.295 e. The Morgan fingerprint density at radius 2 is 1.93 bits per heavy atom. The van der Waals surface area contributed by atoms with Gasteiger partial charge in [0.1, 0.15) is 17.2 Å². The van der Waals surface area contributed by atoms with E-state index in [-0.39, 0.29) is 30.8 Å². The van der Waals surface area contributed by atoms with Crippen LogP contribution in [0.25, 0.3) is 0 Å². The van der Waals surface area contributed by atoms with Crippen molar-refractivity contribution >= 4 is 35.4 Å². The Bertz CT molecular complexity index is 876. The number of anilines is 2. The maximum atomic E-state index is 12.1. The summed E-state index contributed by atoms with van der Waals surface area (Å²) >= 11 is 0. The van der Waals surface area contributed by atoms with Crippen molar-refractivity contribution in [2.75, 3.05) is 24.4 Å². The molecule has 0 spiro atoms. The van der Waals surface area contributed by atoms with Crippen molar-refractivity contribution < 1.29 is 19.1 Å². The van der Waals surface area contributed by atoms with E-state index in [0.29, 0.717) is 30.1 Å². The first-order chi connectivity index (χ1) is 14.5. The van der Waals surface area contributed by atoms with E-state index in [2.05, 4.69) is 25.3 Å². The van der Waals surface area contributed by atoms with Gasteiger partial charge >= 0.3 is 0 Å². The predicted molar refractivity (Wildman–Crippen MR) is 111 cm³/mol. The fourth-order valence-electron chi connectivity index (χ4n) is 2.38. The van der Waals surface area contributed by atoms with Crippen LogP contribution < -0.4 is 27.3 Å². The molecule has 7 N–H and O–H groups in total. The maximum absolute atomic E-state index is 12.1. The van der Waals surface area contributed by atoms with Gasteiger partial charge in [-0.1, -0.05) is 18.6 Å². The Kier molecular flexibility index (Phi) is 9.16. The fraction of sp³-hybridized carbons (Fsp3) is 0.316. The van der Waals surface area contributed by atoms with Gasteiger partial charge in [-0.2, -0.15) is 0 Å². The molecule has 1 atom stereocenters. The first kappa shape index (κ1) is 22.7. The van der Waals surface area contributed by atoms with Gasteiger partial charge in [-0.15, -0.1) is 10.2 Å². The zero-order chi connectivity index (χ0) is 21.8. The van der Waals surface area contributed by atoms with Crippen LogP contribution >= 0.6 is 0 Å². The number of amides is 1. The number of ether oxygens (including phenoxy) is 2. The monoisotopic (exact) mass is 415 g/mol. The predicted octanol–water partition coefficient (Wildman–Crippen LogP) is 1.98. The Hall–Kier alpha value is -3.57. The van der Waals surface area contributed by atoms with Crippen molar-refractivity contribution in [2.45, 2.75) is 25.3 Å². The van der Waals surface area contributed by atoms with E-state index in [1.54, 1.807) is 36.4 Å². The molecular weight excluding hydrogens is 390 g/mol. The molecule has 2 aromatic rings. The number of hydrogen-bond donors (Lipinski definition) is 4. The number of nitrogens with one attached hydrogen (secondary N) is 1. The van der Waals surface area contributed by atoms with E-state index >= 15 is 0 Å². The van der Waals surface area contributed by atoms with Gasteiger partial charge in [-0.3, -0.25) is 9.59 Å². The summed E-state index contributed by atoms with van der Waals surface area (Å²) in [5.41, 5.74) is 17.9. The molecule has 0 saturated heterocycles. The van der Waals surface area contributed by atoms with Crippen LogP contribution in [0.4, 0.5) is 23.0 Å². The van der Waals surface area contributed by atoms with Gasteiger partial charge < -0.3 is 32.0 Å². The molecule has 30 heavy (non-hydrogen) atoms. The molecule has 11 nitrogen and oxygen atoms in total. The molecule has 1 aromatic carbocycles. The topological polar surface area (TPSA) is 180 Å². The van der Waals surface area contributed by atoms with Crippen LogP contribution in [0.1, 0.15) is 19.3 Å². The van der Waals surface area contributed by atoms with Crippen molar-refractivity contribution in [3.05, 3.63) is 36.4 Å². The summed E-state index contributed by atoms with van der Waals surface area (Å²) < 4.78 is 9.81. The van der Waals surface area contributed by atoms with Gasteiger partial charge in [-0.25, -0.2) is 4.98 Å². The smallest absolute Gasteiger partial charge is 0.295 e. The number of benzene rings is 1. The number of pyridine rings is 1. The molecule has 0 bridgehead atoms. The molecule has 0 aliphatic rings. The highest BCUT2D eigenvalue weighted by atomic mass is 16.7. The van der Waals surface area contributed by atoms with Crippen LogP contribution in [0.15, 0.2) is 46.6 Å². The number of para-hydroxylation sites is 1. The normalized spacial score (nSPS) is 11.8. The van der Waals surface area contributed by atoms with E-state index < -0.39 is 6.04 Å². The van der Waals surface area contributed by atoms with Crippen molar-refractivity contribution in [2.24, 2.45) is 21.7 Å². The standard InChI is InChI=1S/C19H25N7O4/c20-10-4-3-5-13(21)19(28)24-17-9-8-15(18(22)23-17)26-25-14-6-1-2-7-16(14)30-12-29-11-27/h1-2,6-9,11,13H,3-5,10,12,20-21H2,(H3,22,23,24,28). The number of unbranched alkanes of at least 4 members (excludes halogenated alkanes) is 1. The summed E-state index contributed by atoms with van der Waals surface area (Å²) in [5.74, 6) is 0.371. The minimum absolute atomic E-state index is 0.0796. The van der Waals surface area contributed by atoms with Crippen LogP contribution in [-0.4, -0.2) is 36.7 Å². The average molecular weight is 415 g/mol. The fourth-order valence-corrected chi connectivity index (χ4v) is 2.38. The Morgan fingerprint density at radius 1 is 1.17 bits per heavy atom. The van der Waals surface area contributed by atoms with Gasteiger partial charge in [0.05, 0.1) is 6.04 Å². The molecule has 0 aliphatic carbocycles. The molecule has 1 aromatic heterocycles. The third-order valence-electron chi connectivity index (χ3n) is 3.94. The lowest BCUT2D eigenvalue weighted by Crippen LogP contribution is -2.35. The van der Waals surface area contributed by atoms with Gasteiger partial charge in [-0.05, 0) is 43.7 Å². The number of nitrogens with two attached hydrogens (primary N) is 3. The lowest BCUT2D eigenvalue weighted by molar-refractivity contribution is -0.134. The summed E-state index contributed by atoms with van der Waals surface area (Å²) in [4.78, 5) is 26.5. The van der Waals surface area contributed by atoms with Gasteiger partial charge in [0.15, 0.2) is 11.6 Å². The quantitative estimate of drug-likeness (QED) is 0.176. The number of nitrogen functional groups attached to an aromatic ring is 1. The molecule has 1 amide bonds. The lowest BCUT2D eigenvalue weighted by atomic mass is 10.1. The van der Waals surface area contributed by atoms with E-state index in [4.69, 9.17) is 21.9 Å². The van der Waals surface area contributed by atoms with E-state index in [9.17, 15) is 9.59 Å². The number of hydrogen-bond acceptors (Lipinski definition) is 10. The van der Waals surface area contributed by atoms with Gasteiger partial charge in [0.2, 0.25) is 12.7 Å². The van der Waals surface area contributed by atoms with E-state index in [1.807, 2.05) is 0 Å². The second-order valence-corrected chi connectivity index (χ2v) is 6.17. The van der Waals surface area contributed by atoms with Crippen LogP contribution in [0, 0.1) is 0 Å². The second-order valence-electron chi connectivity index (χ2n) is 6.17. The zero-order valence-corrected chi connectivity index (χ0v) is 16.4. The summed E-state index contributed by atoms with van der Waals surface area (Å²) in [7, 11) is 0. The highest BCUT2D eigenvalue weighted by Crippen LogP contribution is 2.30. The molecule has 1 unspecified atom stereocenters. The molecule has 11 heteroatoms. The number of carbonyl (C=O) groups excluding carboxylic acids is 2. The Labute approximate surface area is 173 Å². The summed E-state index contributed by atoms with van der Waals surface area (Å²) in [6, 6.07) is 9.28. The lowest BCUT2D eigenvalue weighted by Gasteiger charge is -2.12. The third kappa shape index (κ3) is 7.11.